The van der Waals surface area contributed by atoms with Crippen LogP contribution in [-0.2, 0) is 16.0 Å². The van der Waals surface area contributed by atoms with Crippen molar-refractivity contribution in [2.75, 3.05) is 5.32 Å². The van der Waals surface area contributed by atoms with Crippen molar-refractivity contribution in [2.24, 2.45) is 0 Å². The third-order valence-corrected chi connectivity index (χ3v) is 8.12. The van der Waals surface area contributed by atoms with Gasteiger partial charge in [-0.15, -0.1) is 21.5 Å². The van der Waals surface area contributed by atoms with Crippen LogP contribution in [0.25, 0.3) is 0 Å². The van der Waals surface area contributed by atoms with Gasteiger partial charge in [-0.3, -0.25) is 10.1 Å². The molecule has 2 aromatic heterocycles. The van der Waals surface area contributed by atoms with Gasteiger partial charge in [-0.2, -0.15) is 0 Å². The van der Waals surface area contributed by atoms with Crippen LogP contribution < -0.4 is 5.32 Å². The first-order valence-corrected chi connectivity index (χ1v) is 11.8. The summed E-state index contributed by atoms with van der Waals surface area (Å²) in [5.74, 6) is 0.812. The zero-order chi connectivity index (χ0) is 18.7. The van der Waals surface area contributed by atoms with Crippen molar-refractivity contribution in [3.8, 4) is 0 Å². The van der Waals surface area contributed by atoms with Crippen molar-refractivity contribution in [3.63, 3.8) is 0 Å². The molecule has 0 radical (unpaired) electrons. The van der Waals surface area contributed by atoms with Gasteiger partial charge in [0.25, 0.3) is 0 Å². The minimum Gasteiger partial charge on any atom is -0.300 e. The van der Waals surface area contributed by atoms with Crippen LogP contribution in [0.4, 0.5) is 5.13 Å². The number of hydrogen-bond acceptors (Lipinski definition) is 6. The van der Waals surface area contributed by atoms with Gasteiger partial charge in [0.1, 0.15) is 0 Å². The lowest BCUT2D eigenvalue weighted by atomic mass is 9.83. The molecule has 4 nitrogen and oxygen atoms in total. The van der Waals surface area contributed by atoms with Crippen LogP contribution in [0.3, 0.4) is 0 Å². The van der Waals surface area contributed by atoms with E-state index in [2.05, 4.69) is 21.6 Å². The number of halogens is 1. The number of aromatic nitrogens is 2. The number of amides is 1. The van der Waals surface area contributed by atoms with Crippen molar-refractivity contribution in [1.82, 2.24) is 10.2 Å². The van der Waals surface area contributed by atoms with Crippen molar-refractivity contribution >= 4 is 57.1 Å². The summed E-state index contributed by atoms with van der Waals surface area (Å²) in [5, 5.41) is 14.7. The smallest absolute Gasteiger partial charge is 0.237 e. The number of carbonyl (C=O) groups excluding carboxylic acids is 1. The number of carbonyl (C=O) groups is 1. The van der Waals surface area contributed by atoms with Gasteiger partial charge in [0.15, 0.2) is 4.34 Å². The Hall–Kier alpha value is -1.41. The molecule has 0 saturated heterocycles. The Morgan fingerprint density at radius 2 is 2.07 bits per heavy atom. The molecule has 2 heterocycles. The molecule has 0 unspecified atom stereocenters. The first-order valence-electron chi connectivity index (χ1n) is 8.72. The van der Waals surface area contributed by atoms with Crippen LogP contribution in [0.1, 0.15) is 36.1 Å². The summed E-state index contributed by atoms with van der Waals surface area (Å²) in [6, 6.07) is 11.9. The largest absolute Gasteiger partial charge is 0.300 e. The second-order valence-electron chi connectivity index (χ2n) is 6.51. The molecule has 1 saturated carbocycles. The van der Waals surface area contributed by atoms with Crippen LogP contribution in [0, 0.1) is 0 Å². The second-order valence-corrected chi connectivity index (χ2v) is 10.1. The summed E-state index contributed by atoms with van der Waals surface area (Å²) in [6.45, 7) is 0. The third kappa shape index (κ3) is 4.21. The molecule has 8 heteroatoms. The van der Waals surface area contributed by atoms with Crippen LogP contribution in [0.15, 0.2) is 46.1 Å². The van der Waals surface area contributed by atoms with E-state index in [1.54, 1.807) is 23.1 Å². The summed E-state index contributed by atoms with van der Waals surface area (Å²) in [7, 11) is 0. The predicted molar refractivity (Wildman–Crippen MR) is 114 cm³/mol. The molecular weight excluding hydrogens is 418 g/mol. The van der Waals surface area contributed by atoms with Crippen molar-refractivity contribution in [1.29, 1.82) is 0 Å². The molecule has 1 N–H and O–H groups in total. The quantitative estimate of drug-likeness (QED) is 0.381. The van der Waals surface area contributed by atoms with Gasteiger partial charge in [0.05, 0.1) is 5.41 Å². The van der Waals surface area contributed by atoms with E-state index >= 15 is 0 Å². The van der Waals surface area contributed by atoms with Crippen LogP contribution in [0.2, 0.25) is 5.02 Å². The Balaban J connectivity index is 1.42. The molecule has 1 aliphatic carbocycles. The van der Waals surface area contributed by atoms with Gasteiger partial charge in [0, 0.05) is 15.7 Å². The molecule has 0 bridgehead atoms. The topological polar surface area (TPSA) is 54.9 Å². The SMILES string of the molecule is O=C(Nc1nnc(SCc2cccc(Cl)c2)s1)C1(c2cccs2)CCCC1. The Bertz CT molecular complexity index is 920. The molecule has 1 aromatic carbocycles. The molecule has 27 heavy (non-hydrogen) atoms. The Morgan fingerprint density at radius 3 is 2.81 bits per heavy atom. The number of thioether (sulfide) groups is 1. The summed E-state index contributed by atoms with van der Waals surface area (Å²) < 4.78 is 0.835. The lowest BCUT2D eigenvalue weighted by Gasteiger charge is -2.25. The molecular formula is C19H18ClN3OS3. The highest BCUT2D eigenvalue weighted by molar-refractivity contribution is 8.00. The molecule has 0 aliphatic heterocycles. The Morgan fingerprint density at radius 1 is 1.22 bits per heavy atom. The summed E-state index contributed by atoms with van der Waals surface area (Å²) in [4.78, 5) is 14.2. The van der Waals surface area contributed by atoms with E-state index in [0.29, 0.717) is 5.13 Å². The number of benzene rings is 1. The maximum Gasteiger partial charge on any atom is 0.237 e. The number of nitrogens with one attached hydrogen (secondary N) is 1. The third-order valence-electron chi connectivity index (χ3n) is 4.76. The monoisotopic (exact) mass is 435 g/mol. The first-order chi connectivity index (χ1) is 13.2. The zero-order valence-corrected chi connectivity index (χ0v) is 17.7. The van der Waals surface area contributed by atoms with E-state index in [-0.39, 0.29) is 5.91 Å². The highest BCUT2D eigenvalue weighted by Gasteiger charge is 2.43. The minimum atomic E-state index is -0.409. The van der Waals surface area contributed by atoms with E-state index in [1.165, 1.54) is 11.3 Å². The van der Waals surface area contributed by atoms with Crippen molar-refractivity contribution < 1.29 is 4.79 Å². The lowest BCUT2D eigenvalue weighted by molar-refractivity contribution is -0.121. The number of nitrogens with zero attached hydrogens (tertiary/aromatic N) is 2. The summed E-state index contributed by atoms with van der Waals surface area (Å²) >= 11 is 10.7. The normalized spacial score (nSPS) is 15.7. The first kappa shape index (κ1) is 18.9. The Labute approximate surface area is 175 Å². The van der Waals surface area contributed by atoms with Gasteiger partial charge in [-0.05, 0) is 42.0 Å². The van der Waals surface area contributed by atoms with E-state index in [1.807, 2.05) is 35.7 Å². The van der Waals surface area contributed by atoms with Gasteiger partial charge in [-0.1, -0.05) is 65.7 Å². The molecule has 1 aliphatic rings. The van der Waals surface area contributed by atoms with E-state index in [4.69, 9.17) is 11.6 Å². The number of rotatable bonds is 6. The van der Waals surface area contributed by atoms with Crippen LogP contribution in [0.5, 0.6) is 0 Å². The van der Waals surface area contributed by atoms with E-state index in [9.17, 15) is 4.79 Å². The number of hydrogen-bond donors (Lipinski definition) is 1. The molecule has 1 fully saturated rings. The fourth-order valence-corrected chi connectivity index (χ4v) is 6.31. The second kappa shape index (κ2) is 8.31. The molecule has 0 atom stereocenters. The number of anilines is 1. The Kier molecular flexibility index (Phi) is 5.82. The highest BCUT2D eigenvalue weighted by Crippen LogP contribution is 2.44. The number of thiophene rings is 1. The predicted octanol–water partition coefficient (Wildman–Crippen LogP) is 6.00. The van der Waals surface area contributed by atoms with Gasteiger partial charge < -0.3 is 0 Å². The van der Waals surface area contributed by atoms with Gasteiger partial charge in [-0.25, -0.2) is 0 Å². The average Bonchev–Trinajstić information content (AvgIpc) is 3.41. The van der Waals surface area contributed by atoms with Crippen molar-refractivity contribution in [3.05, 3.63) is 57.2 Å². The van der Waals surface area contributed by atoms with E-state index in [0.717, 1.165) is 51.2 Å². The highest BCUT2D eigenvalue weighted by atomic mass is 35.5. The van der Waals surface area contributed by atoms with E-state index < -0.39 is 5.41 Å². The summed E-state index contributed by atoms with van der Waals surface area (Å²) in [6.07, 6.45) is 3.97. The van der Waals surface area contributed by atoms with Gasteiger partial charge in [0.2, 0.25) is 11.0 Å². The average molecular weight is 436 g/mol. The molecule has 140 valence electrons. The fraction of sp³-hybridized carbons (Fsp3) is 0.316. The zero-order valence-electron chi connectivity index (χ0n) is 14.5. The fourth-order valence-electron chi connectivity index (χ4n) is 3.42. The standard InChI is InChI=1S/C19H18ClN3OS3/c20-14-6-3-5-13(11-14)12-26-18-23-22-17(27-18)21-16(24)19(8-1-2-9-19)15-7-4-10-25-15/h3-7,10-11H,1-2,8-9,12H2,(H,21,22,24). The molecule has 4 rings (SSSR count). The van der Waals surface area contributed by atoms with Crippen LogP contribution >= 0.6 is 46.0 Å². The van der Waals surface area contributed by atoms with Crippen molar-refractivity contribution in [2.45, 2.75) is 41.2 Å². The molecule has 1 amide bonds. The maximum atomic E-state index is 13.1. The van der Waals surface area contributed by atoms with Crippen LogP contribution in [-0.4, -0.2) is 16.1 Å². The molecule has 0 spiro atoms. The minimum absolute atomic E-state index is 0.0463. The maximum absolute atomic E-state index is 13.1. The summed E-state index contributed by atoms with van der Waals surface area (Å²) in [5.41, 5.74) is 0.726. The van der Waals surface area contributed by atoms with Gasteiger partial charge >= 0.3 is 0 Å². The molecule has 3 aromatic rings. The lowest BCUT2D eigenvalue weighted by Crippen LogP contribution is -2.37.